The Labute approximate surface area is 149 Å². The number of benzene rings is 1. The highest BCUT2D eigenvalue weighted by molar-refractivity contribution is 6.42. The average molecular weight is 368 g/mol. The molecule has 0 spiro atoms. The Morgan fingerprint density at radius 2 is 1.71 bits per heavy atom. The summed E-state index contributed by atoms with van der Waals surface area (Å²) >= 11 is 11.9. The first kappa shape index (κ1) is 18.1. The van der Waals surface area contributed by atoms with Crippen molar-refractivity contribution in [1.82, 2.24) is 4.98 Å². The van der Waals surface area contributed by atoms with Crippen LogP contribution in [0.15, 0.2) is 30.5 Å². The van der Waals surface area contributed by atoms with Crippen molar-refractivity contribution in [2.45, 2.75) is 0 Å². The number of nitrogens with zero attached hydrogens (tertiary/aromatic N) is 1. The molecule has 7 heteroatoms. The van der Waals surface area contributed by atoms with Gasteiger partial charge < -0.3 is 14.2 Å². The molecule has 0 aliphatic carbocycles. The van der Waals surface area contributed by atoms with Crippen molar-refractivity contribution in [2.24, 2.45) is 0 Å². The van der Waals surface area contributed by atoms with Gasteiger partial charge in [-0.25, -0.2) is 4.98 Å². The summed E-state index contributed by atoms with van der Waals surface area (Å²) < 4.78 is 15.7. The number of pyridine rings is 1. The molecule has 0 saturated carbocycles. The van der Waals surface area contributed by atoms with E-state index in [0.29, 0.717) is 28.4 Å². The molecule has 0 saturated heterocycles. The Balaban J connectivity index is 2.36. The van der Waals surface area contributed by atoms with Crippen molar-refractivity contribution < 1.29 is 19.0 Å². The highest BCUT2D eigenvalue weighted by atomic mass is 35.5. The standard InChI is InChI=1S/C17H15Cl2NO4/c1-22-13-8-11(9-14(23-2)16(13)24-3)12(21)5-4-10-6-7-20-17(19)15(10)18/h4-9H,1-3H3. The summed E-state index contributed by atoms with van der Waals surface area (Å²) in [5.74, 6) is 0.972. The van der Waals surface area contributed by atoms with E-state index < -0.39 is 0 Å². The fourth-order valence-corrected chi connectivity index (χ4v) is 2.39. The summed E-state index contributed by atoms with van der Waals surface area (Å²) in [7, 11) is 4.47. The summed E-state index contributed by atoms with van der Waals surface area (Å²) in [5, 5.41) is 0.465. The first-order valence-electron chi connectivity index (χ1n) is 6.84. The molecule has 0 fully saturated rings. The largest absolute Gasteiger partial charge is 0.493 e. The van der Waals surface area contributed by atoms with Crippen LogP contribution in [0.1, 0.15) is 15.9 Å². The van der Waals surface area contributed by atoms with E-state index >= 15 is 0 Å². The lowest BCUT2D eigenvalue weighted by Gasteiger charge is -2.13. The van der Waals surface area contributed by atoms with Crippen LogP contribution < -0.4 is 14.2 Å². The molecule has 0 atom stereocenters. The van der Waals surface area contributed by atoms with Gasteiger partial charge in [0.2, 0.25) is 5.75 Å². The van der Waals surface area contributed by atoms with Crippen LogP contribution in [0.2, 0.25) is 10.2 Å². The second kappa shape index (κ2) is 8.04. The van der Waals surface area contributed by atoms with Gasteiger partial charge in [0.1, 0.15) is 5.15 Å². The molecular weight excluding hydrogens is 353 g/mol. The number of aromatic nitrogens is 1. The molecule has 1 heterocycles. The Morgan fingerprint density at radius 3 is 2.25 bits per heavy atom. The van der Waals surface area contributed by atoms with Crippen LogP contribution in [0.25, 0.3) is 6.08 Å². The minimum absolute atomic E-state index is 0.180. The highest BCUT2D eigenvalue weighted by Crippen LogP contribution is 2.38. The van der Waals surface area contributed by atoms with E-state index in [9.17, 15) is 4.79 Å². The Morgan fingerprint density at radius 1 is 1.08 bits per heavy atom. The fraction of sp³-hybridized carbons (Fsp3) is 0.176. The number of ketones is 1. The van der Waals surface area contributed by atoms with Gasteiger partial charge in [-0.2, -0.15) is 0 Å². The molecule has 2 rings (SSSR count). The molecule has 0 aliphatic rings. The normalized spacial score (nSPS) is 10.7. The van der Waals surface area contributed by atoms with Crippen molar-refractivity contribution in [3.63, 3.8) is 0 Å². The van der Waals surface area contributed by atoms with Crippen LogP contribution in [0.3, 0.4) is 0 Å². The summed E-state index contributed by atoms with van der Waals surface area (Å²) in [6.07, 6.45) is 4.47. The number of rotatable bonds is 6. The maximum Gasteiger partial charge on any atom is 0.203 e. The van der Waals surface area contributed by atoms with Gasteiger partial charge in [-0.05, 0) is 35.9 Å². The first-order valence-corrected chi connectivity index (χ1v) is 7.59. The van der Waals surface area contributed by atoms with E-state index in [0.717, 1.165) is 0 Å². The average Bonchev–Trinajstić information content (AvgIpc) is 2.61. The monoisotopic (exact) mass is 367 g/mol. The molecule has 1 aromatic carbocycles. The molecule has 0 radical (unpaired) electrons. The fourth-order valence-electron chi connectivity index (χ4n) is 2.05. The zero-order valence-electron chi connectivity index (χ0n) is 13.3. The zero-order chi connectivity index (χ0) is 17.7. The highest BCUT2D eigenvalue weighted by Gasteiger charge is 2.15. The van der Waals surface area contributed by atoms with E-state index in [4.69, 9.17) is 37.4 Å². The second-order valence-electron chi connectivity index (χ2n) is 4.62. The van der Waals surface area contributed by atoms with E-state index in [1.165, 1.54) is 33.6 Å². The van der Waals surface area contributed by atoms with Crippen molar-refractivity contribution in [3.05, 3.63) is 51.8 Å². The SMILES string of the molecule is COc1cc(C(=O)C=Cc2ccnc(Cl)c2Cl)cc(OC)c1OC. The zero-order valence-corrected chi connectivity index (χ0v) is 14.8. The molecule has 1 aromatic heterocycles. The molecule has 2 aromatic rings. The Hall–Kier alpha value is -2.24. The number of hydrogen-bond donors (Lipinski definition) is 0. The lowest BCUT2D eigenvalue weighted by molar-refractivity contribution is 0.104. The maximum atomic E-state index is 12.4. The summed E-state index contributed by atoms with van der Waals surface area (Å²) in [4.78, 5) is 16.3. The quantitative estimate of drug-likeness (QED) is 0.432. The number of methoxy groups -OCH3 is 3. The second-order valence-corrected chi connectivity index (χ2v) is 5.35. The molecule has 0 N–H and O–H groups in total. The Bertz CT molecular complexity index is 765. The molecule has 0 unspecified atom stereocenters. The number of ether oxygens (including phenoxy) is 3. The van der Waals surface area contributed by atoms with Gasteiger partial charge in [-0.3, -0.25) is 4.79 Å². The number of hydrogen-bond acceptors (Lipinski definition) is 5. The van der Waals surface area contributed by atoms with E-state index in [-0.39, 0.29) is 16.0 Å². The smallest absolute Gasteiger partial charge is 0.203 e. The van der Waals surface area contributed by atoms with Crippen LogP contribution in [-0.2, 0) is 0 Å². The van der Waals surface area contributed by atoms with E-state index in [2.05, 4.69) is 4.98 Å². The van der Waals surface area contributed by atoms with Gasteiger partial charge in [0.25, 0.3) is 0 Å². The van der Waals surface area contributed by atoms with E-state index in [1.807, 2.05) is 0 Å². The molecule has 5 nitrogen and oxygen atoms in total. The van der Waals surface area contributed by atoms with Crippen LogP contribution in [0.4, 0.5) is 0 Å². The molecule has 126 valence electrons. The minimum atomic E-state index is -0.252. The molecule has 24 heavy (non-hydrogen) atoms. The number of allylic oxidation sites excluding steroid dienone is 1. The molecular formula is C17H15Cl2NO4. The lowest BCUT2D eigenvalue weighted by Crippen LogP contribution is -2.00. The number of halogens is 2. The topological polar surface area (TPSA) is 57.7 Å². The van der Waals surface area contributed by atoms with Crippen LogP contribution in [0.5, 0.6) is 17.2 Å². The summed E-state index contributed by atoms with van der Waals surface area (Å²) in [5.41, 5.74) is 0.981. The van der Waals surface area contributed by atoms with Gasteiger partial charge in [-0.1, -0.05) is 23.2 Å². The van der Waals surface area contributed by atoms with Crippen LogP contribution >= 0.6 is 23.2 Å². The summed E-state index contributed by atoms with van der Waals surface area (Å²) in [6, 6.07) is 4.82. The van der Waals surface area contributed by atoms with Gasteiger partial charge in [0, 0.05) is 11.8 Å². The number of carbonyl (C=O) groups is 1. The minimum Gasteiger partial charge on any atom is -0.493 e. The van der Waals surface area contributed by atoms with Crippen LogP contribution in [0, 0.1) is 0 Å². The van der Waals surface area contributed by atoms with Crippen molar-refractivity contribution >= 4 is 35.1 Å². The van der Waals surface area contributed by atoms with E-state index in [1.54, 1.807) is 24.3 Å². The van der Waals surface area contributed by atoms with Crippen molar-refractivity contribution in [3.8, 4) is 17.2 Å². The number of carbonyl (C=O) groups excluding carboxylic acids is 1. The third kappa shape index (κ3) is 3.80. The third-order valence-electron chi connectivity index (χ3n) is 3.24. The van der Waals surface area contributed by atoms with Gasteiger partial charge in [0.05, 0.1) is 26.4 Å². The molecule has 0 aliphatic heterocycles. The summed E-state index contributed by atoms with van der Waals surface area (Å²) in [6.45, 7) is 0. The van der Waals surface area contributed by atoms with Gasteiger partial charge in [-0.15, -0.1) is 0 Å². The maximum absolute atomic E-state index is 12.4. The third-order valence-corrected chi connectivity index (χ3v) is 4.02. The van der Waals surface area contributed by atoms with Gasteiger partial charge in [0.15, 0.2) is 17.3 Å². The first-order chi connectivity index (χ1) is 11.5. The predicted molar refractivity (Wildman–Crippen MR) is 93.7 cm³/mol. The predicted octanol–water partition coefficient (Wildman–Crippen LogP) is 4.31. The lowest BCUT2D eigenvalue weighted by atomic mass is 10.1. The molecule has 0 amide bonds. The van der Waals surface area contributed by atoms with Crippen molar-refractivity contribution in [2.75, 3.05) is 21.3 Å². The Kier molecular flexibility index (Phi) is 6.06. The molecule has 0 bridgehead atoms. The van der Waals surface area contributed by atoms with Crippen molar-refractivity contribution in [1.29, 1.82) is 0 Å². The van der Waals surface area contributed by atoms with Crippen LogP contribution in [-0.4, -0.2) is 32.1 Å². The van der Waals surface area contributed by atoms with Gasteiger partial charge >= 0.3 is 0 Å².